The Bertz CT molecular complexity index is 585. The molecule has 0 spiro atoms. The molecule has 2 aromatic rings. The maximum absolute atomic E-state index is 10.6. The van der Waals surface area contributed by atoms with Crippen molar-refractivity contribution in [3.8, 4) is 0 Å². The summed E-state index contributed by atoms with van der Waals surface area (Å²) in [6.45, 7) is 1.50. The number of nitro groups is 1. The predicted octanol–water partition coefficient (Wildman–Crippen LogP) is 1.06. The molecule has 2 heterocycles. The van der Waals surface area contributed by atoms with Crippen molar-refractivity contribution < 1.29 is 10.0 Å². The Hall–Kier alpha value is -2.00. The maximum atomic E-state index is 10.6. The number of hydrogen-bond donors (Lipinski definition) is 2. The zero-order valence-corrected chi connectivity index (χ0v) is 10.1. The van der Waals surface area contributed by atoms with Crippen molar-refractivity contribution >= 4 is 17.4 Å². The monoisotopic (exact) mass is 267 g/mol. The number of aliphatic hydroxyl groups is 1. The highest BCUT2D eigenvalue weighted by Crippen LogP contribution is 2.27. The van der Waals surface area contributed by atoms with E-state index in [2.05, 4.69) is 20.2 Å². The van der Waals surface area contributed by atoms with Crippen molar-refractivity contribution in [3.63, 3.8) is 0 Å². The van der Waals surface area contributed by atoms with Crippen LogP contribution in [0.15, 0.2) is 22.4 Å². The highest BCUT2D eigenvalue weighted by atomic mass is 32.2. The first-order valence-electron chi connectivity index (χ1n) is 4.91. The molecule has 9 heteroatoms. The number of aromatic amines is 1. The summed E-state index contributed by atoms with van der Waals surface area (Å²) in [6.07, 6.45) is 1.19. The quantitative estimate of drug-likeness (QED) is 0.628. The van der Waals surface area contributed by atoms with Gasteiger partial charge in [0.15, 0.2) is 5.82 Å². The van der Waals surface area contributed by atoms with Gasteiger partial charge in [-0.3, -0.25) is 15.2 Å². The van der Waals surface area contributed by atoms with Crippen LogP contribution in [0.5, 0.6) is 0 Å². The average Bonchev–Trinajstić information content (AvgIpc) is 2.79. The molecular weight excluding hydrogens is 258 g/mol. The Balaban J connectivity index is 2.21. The molecule has 8 nitrogen and oxygen atoms in total. The van der Waals surface area contributed by atoms with Gasteiger partial charge in [-0.1, -0.05) is 0 Å². The molecule has 0 aliphatic rings. The third-order valence-corrected chi connectivity index (χ3v) is 3.06. The largest absolute Gasteiger partial charge is 0.388 e. The van der Waals surface area contributed by atoms with Gasteiger partial charge in [-0.2, -0.15) is 0 Å². The molecule has 18 heavy (non-hydrogen) atoms. The van der Waals surface area contributed by atoms with Crippen molar-refractivity contribution in [2.75, 3.05) is 0 Å². The minimum absolute atomic E-state index is 0.0529. The molecule has 0 radical (unpaired) electrons. The first kappa shape index (κ1) is 12.5. The Labute approximate surface area is 106 Å². The molecule has 0 bridgehead atoms. The summed E-state index contributed by atoms with van der Waals surface area (Å²) >= 11 is 1.17. The highest BCUT2D eigenvalue weighted by molar-refractivity contribution is 7.99. The van der Waals surface area contributed by atoms with Crippen LogP contribution in [0.2, 0.25) is 0 Å². The van der Waals surface area contributed by atoms with Crippen molar-refractivity contribution in [2.24, 2.45) is 0 Å². The van der Waals surface area contributed by atoms with E-state index in [9.17, 15) is 10.1 Å². The van der Waals surface area contributed by atoms with E-state index in [0.717, 1.165) is 0 Å². The topological polar surface area (TPSA) is 118 Å². The molecule has 2 N–H and O–H groups in total. The van der Waals surface area contributed by atoms with Gasteiger partial charge < -0.3 is 5.11 Å². The molecule has 0 fully saturated rings. The molecule has 2 rings (SSSR count). The molecule has 0 saturated carbocycles. The van der Waals surface area contributed by atoms with Gasteiger partial charge in [-0.25, -0.2) is 9.97 Å². The SMILES string of the molecule is Cc1cc([N+](=O)[O-])cnc1Sc1n[nH]c(CO)n1. The Morgan fingerprint density at radius 1 is 1.61 bits per heavy atom. The molecule has 0 unspecified atom stereocenters. The summed E-state index contributed by atoms with van der Waals surface area (Å²) in [4.78, 5) is 18.1. The standard InChI is InChI=1S/C9H9N5O3S/c1-5-2-6(14(16)17)3-10-8(5)18-9-11-7(4-15)12-13-9/h2-3,15H,4H2,1H3,(H,11,12,13). The molecule has 0 aliphatic carbocycles. The lowest BCUT2D eigenvalue weighted by Gasteiger charge is -2.00. The van der Waals surface area contributed by atoms with Gasteiger partial charge in [-0.05, 0) is 24.2 Å². The fourth-order valence-electron chi connectivity index (χ4n) is 1.23. The summed E-state index contributed by atoms with van der Waals surface area (Å²) in [5.41, 5.74) is 0.618. The summed E-state index contributed by atoms with van der Waals surface area (Å²) in [7, 11) is 0. The number of rotatable bonds is 4. The van der Waals surface area contributed by atoms with E-state index in [-0.39, 0.29) is 12.3 Å². The zero-order valence-electron chi connectivity index (χ0n) is 9.32. The summed E-state index contributed by atoms with van der Waals surface area (Å²) in [5, 5.41) is 26.8. The lowest BCUT2D eigenvalue weighted by atomic mass is 10.3. The third kappa shape index (κ3) is 2.63. The summed E-state index contributed by atoms with van der Waals surface area (Å²) < 4.78 is 0. The van der Waals surface area contributed by atoms with Gasteiger partial charge >= 0.3 is 0 Å². The first-order valence-corrected chi connectivity index (χ1v) is 5.73. The number of aliphatic hydroxyl groups excluding tert-OH is 1. The molecule has 0 atom stereocenters. The second-order valence-electron chi connectivity index (χ2n) is 3.40. The van der Waals surface area contributed by atoms with E-state index in [1.165, 1.54) is 24.0 Å². The van der Waals surface area contributed by atoms with Gasteiger partial charge in [0, 0.05) is 6.07 Å². The summed E-state index contributed by atoms with van der Waals surface area (Å²) in [6, 6.07) is 1.44. The van der Waals surface area contributed by atoms with Crippen molar-refractivity contribution in [3.05, 3.63) is 33.8 Å². The molecular formula is C9H9N5O3S. The summed E-state index contributed by atoms with van der Waals surface area (Å²) in [5.74, 6) is 0.358. The second kappa shape index (κ2) is 5.10. The van der Waals surface area contributed by atoms with E-state index in [1.54, 1.807) is 6.92 Å². The average molecular weight is 267 g/mol. The molecule has 0 aliphatic heterocycles. The van der Waals surface area contributed by atoms with Gasteiger partial charge in [0.2, 0.25) is 5.16 Å². The van der Waals surface area contributed by atoms with Gasteiger partial charge in [-0.15, -0.1) is 5.10 Å². The van der Waals surface area contributed by atoms with E-state index in [0.29, 0.717) is 21.6 Å². The second-order valence-corrected chi connectivity index (χ2v) is 4.35. The molecule has 0 aromatic carbocycles. The maximum Gasteiger partial charge on any atom is 0.287 e. The highest BCUT2D eigenvalue weighted by Gasteiger charge is 2.12. The van der Waals surface area contributed by atoms with Crippen molar-refractivity contribution in [1.29, 1.82) is 0 Å². The normalized spacial score (nSPS) is 10.6. The van der Waals surface area contributed by atoms with Crippen LogP contribution in [0, 0.1) is 17.0 Å². The zero-order chi connectivity index (χ0) is 13.1. The van der Waals surface area contributed by atoms with Gasteiger partial charge in [0.25, 0.3) is 5.69 Å². The van der Waals surface area contributed by atoms with Crippen LogP contribution in [-0.2, 0) is 6.61 Å². The van der Waals surface area contributed by atoms with Crippen LogP contribution in [-0.4, -0.2) is 30.2 Å². The van der Waals surface area contributed by atoms with Crippen LogP contribution >= 0.6 is 11.8 Å². The lowest BCUT2D eigenvalue weighted by molar-refractivity contribution is -0.385. The smallest absolute Gasteiger partial charge is 0.287 e. The van der Waals surface area contributed by atoms with Crippen LogP contribution in [0.1, 0.15) is 11.4 Å². The van der Waals surface area contributed by atoms with Crippen LogP contribution < -0.4 is 0 Å². The third-order valence-electron chi connectivity index (χ3n) is 2.08. The number of H-pyrrole nitrogens is 1. The molecule has 0 saturated heterocycles. The van der Waals surface area contributed by atoms with Crippen LogP contribution in [0.3, 0.4) is 0 Å². The van der Waals surface area contributed by atoms with E-state index >= 15 is 0 Å². The number of pyridine rings is 1. The Morgan fingerprint density at radius 2 is 2.39 bits per heavy atom. The first-order chi connectivity index (χ1) is 8.60. The minimum Gasteiger partial charge on any atom is -0.388 e. The number of nitrogens with zero attached hydrogens (tertiary/aromatic N) is 4. The Kier molecular flexibility index (Phi) is 3.53. The fourth-order valence-corrected chi connectivity index (χ4v) is 1.98. The number of aryl methyl sites for hydroxylation is 1. The molecule has 0 amide bonds. The van der Waals surface area contributed by atoms with E-state index < -0.39 is 4.92 Å². The van der Waals surface area contributed by atoms with Crippen LogP contribution in [0.25, 0.3) is 0 Å². The minimum atomic E-state index is -0.495. The van der Waals surface area contributed by atoms with Crippen molar-refractivity contribution in [2.45, 2.75) is 23.7 Å². The molecule has 94 valence electrons. The Morgan fingerprint density at radius 3 is 2.94 bits per heavy atom. The predicted molar refractivity (Wildman–Crippen MR) is 62.1 cm³/mol. The van der Waals surface area contributed by atoms with Crippen LogP contribution in [0.4, 0.5) is 5.69 Å². The van der Waals surface area contributed by atoms with E-state index in [1.807, 2.05) is 0 Å². The fraction of sp³-hybridized carbons (Fsp3) is 0.222. The number of hydrogen-bond acceptors (Lipinski definition) is 7. The molecule has 2 aromatic heterocycles. The van der Waals surface area contributed by atoms with E-state index in [4.69, 9.17) is 5.11 Å². The lowest BCUT2D eigenvalue weighted by Crippen LogP contribution is -1.93. The van der Waals surface area contributed by atoms with Gasteiger partial charge in [0.05, 0.1) is 4.92 Å². The van der Waals surface area contributed by atoms with Crippen molar-refractivity contribution in [1.82, 2.24) is 20.2 Å². The number of aromatic nitrogens is 4. The van der Waals surface area contributed by atoms with Gasteiger partial charge in [0.1, 0.15) is 17.8 Å². The number of nitrogens with one attached hydrogen (secondary N) is 1.